The fraction of sp³-hybridized carbons (Fsp3) is 0.429. The molecule has 1 atom stereocenters. The maximum absolute atomic E-state index is 11.6. The predicted molar refractivity (Wildman–Crippen MR) is 115 cm³/mol. The molecule has 2 aromatic rings. The summed E-state index contributed by atoms with van der Waals surface area (Å²) in [6, 6.07) is 7.08. The molecule has 1 aliphatic rings. The maximum atomic E-state index is 11.6. The molecule has 0 spiro atoms. The Labute approximate surface area is 177 Å². The van der Waals surface area contributed by atoms with E-state index < -0.39 is 10.0 Å². The van der Waals surface area contributed by atoms with Crippen LogP contribution in [0.2, 0.25) is 0 Å². The van der Waals surface area contributed by atoms with Crippen LogP contribution in [0, 0.1) is 5.92 Å². The highest BCUT2D eigenvalue weighted by atomic mass is 32.2. The van der Waals surface area contributed by atoms with Crippen LogP contribution in [-0.4, -0.2) is 38.2 Å². The van der Waals surface area contributed by atoms with Gasteiger partial charge in [0.25, 0.3) is 0 Å². The number of nitrogens with zero attached hydrogens (tertiary/aromatic N) is 1. The molecule has 162 valence electrons. The Kier molecular flexibility index (Phi) is 6.62. The molecule has 0 fully saturated rings. The molecule has 0 saturated carbocycles. The molecule has 0 bridgehead atoms. The number of anilines is 1. The molecule has 8 nitrogen and oxygen atoms in total. The van der Waals surface area contributed by atoms with Crippen molar-refractivity contribution in [2.24, 2.45) is 5.92 Å². The van der Waals surface area contributed by atoms with Crippen LogP contribution in [0.4, 0.5) is 5.82 Å². The van der Waals surface area contributed by atoms with E-state index in [1.807, 2.05) is 32.0 Å². The Morgan fingerprint density at radius 3 is 2.70 bits per heavy atom. The van der Waals surface area contributed by atoms with Crippen LogP contribution in [0.15, 0.2) is 30.5 Å². The van der Waals surface area contributed by atoms with Crippen molar-refractivity contribution in [2.45, 2.75) is 39.8 Å². The number of ether oxygens (including phenoxy) is 2. The molecule has 2 N–H and O–H groups in total. The zero-order valence-corrected chi connectivity index (χ0v) is 18.4. The number of hydrogen-bond acceptors (Lipinski definition) is 6. The van der Waals surface area contributed by atoms with Crippen LogP contribution in [0.25, 0.3) is 11.1 Å². The van der Waals surface area contributed by atoms with Gasteiger partial charge < -0.3 is 14.8 Å². The molecular weight excluding hydrogens is 406 g/mol. The number of carbonyl (C=O) groups is 1. The van der Waals surface area contributed by atoms with Crippen molar-refractivity contribution >= 4 is 21.7 Å². The first-order valence-corrected chi connectivity index (χ1v) is 11.6. The van der Waals surface area contributed by atoms with E-state index in [2.05, 4.69) is 15.0 Å². The Hall–Kier alpha value is -2.65. The number of rotatable bonds is 8. The third-order valence-electron chi connectivity index (χ3n) is 4.55. The van der Waals surface area contributed by atoms with E-state index in [9.17, 15) is 13.2 Å². The molecule has 1 aliphatic heterocycles. The summed E-state index contributed by atoms with van der Waals surface area (Å²) < 4.78 is 37.6. The Morgan fingerprint density at radius 2 is 2.03 bits per heavy atom. The van der Waals surface area contributed by atoms with Crippen molar-refractivity contribution in [1.82, 2.24) is 9.71 Å². The van der Waals surface area contributed by atoms with Crippen LogP contribution < -0.4 is 19.5 Å². The van der Waals surface area contributed by atoms with Crippen LogP contribution in [-0.2, 0) is 21.4 Å². The summed E-state index contributed by atoms with van der Waals surface area (Å²) in [7, 11) is -3.32. The molecule has 1 aromatic carbocycles. The van der Waals surface area contributed by atoms with E-state index in [1.54, 1.807) is 12.3 Å². The van der Waals surface area contributed by atoms with Gasteiger partial charge in [0.2, 0.25) is 15.9 Å². The Bertz CT molecular complexity index is 1040. The van der Waals surface area contributed by atoms with Crippen molar-refractivity contribution in [3.05, 3.63) is 36.0 Å². The lowest BCUT2D eigenvalue weighted by Crippen LogP contribution is -2.39. The monoisotopic (exact) mass is 433 g/mol. The second kappa shape index (κ2) is 9.01. The van der Waals surface area contributed by atoms with Crippen LogP contribution in [0.5, 0.6) is 11.5 Å². The van der Waals surface area contributed by atoms with Gasteiger partial charge in [0.15, 0.2) is 0 Å². The minimum atomic E-state index is -3.32. The van der Waals surface area contributed by atoms with E-state index >= 15 is 0 Å². The number of pyridine rings is 1. The summed E-state index contributed by atoms with van der Waals surface area (Å²) in [6.07, 6.45) is 3.46. The number of benzene rings is 1. The average molecular weight is 434 g/mol. The third kappa shape index (κ3) is 5.70. The quantitative estimate of drug-likeness (QED) is 0.663. The van der Waals surface area contributed by atoms with E-state index in [1.165, 1.54) is 6.92 Å². The highest BCUT2D eigenvalue weighted by molar-refractivity contribution is 7.88. The lowest BCUT2D eigenvalue weighted by Gasteiger charge is -2.24. The predicted octanol–water partition coefficient (Wildman–Crippen LogP) is 2.94. The van der Waals surface area contributed by atoms with Gasteiger partial charge in [-0.1, -0.05) is 13.8 Å². The fourth-order valence-electron chi connectivity index (χ4n) is 3.47. The van der Waals surface area contributed by atoms with Gasteiger partial charge in [0, 0.05) is 30.3 Å². The summed E-state index contributed by atoms with van der Waals surface area (Å²) in [5.74, 6) is 1.88. The Morgan fingerprint density at radius 1 is 1.27 bits per heavy atom. The fourth-order valence-corrected chi connectivity index (χ4v) is 4.24. The van der Waals surface area contributed by atoms with Gasteiger partial charge in [-0.15, -0.1) is 0 Å². The van der Waals surface area contributed by atoms with Crippen molar-refractivity contribution in [3.8, 4) is 22.6 Å². The molecular formula is C21H27N3O5S. The first-order valence-electron chi connectivity index (χ1n) is 9.75. The van der Waals surface area contributed by atoms with Gasteiger partial charge in [-0.25, -0.2) is 18.1 Å². The molecule has 2 heterocycles. The number of amides is 1. The number of sulfonamides is 1. The second-order valence-corrected chi connectivity index (χ2v) is 9.62. The van der Waals surface area contributed by atoms with Crippen molar-refractivity contribution in [3.63, 3.8) is 0 Å². The van der Waals surface area contributed by atoms with Gasteiger partial charge >= 0.3 is 0 Å². The molecule has 3 rings (SSSR count). The third-order valence-corrected chi connectivity index (χ3v) is 5.31. The zero-order chi connectivity index (χ0) is 21.9. The van der Waals surface area contributed by atoms with E-state index in [0.717, 1.165) is 22.9 Å². The van der Waals surface area contributed by atoms with Crippen LogP contribution in [0.3, 0.4) is 0 Å². The second-order valence-electron chi connectivity index (χ2n) is 7.84. The van der Waals surface area contributed by atoms with Crippen LogP contribution in [0.1, 0.15) is 32.8 Å². The van der Waals surface area contributed by atoms with Gasteiger partial charge in [-0.05, 0) is 36.1 Å². The minimum absolute atomic E-state index is 0.191. The summed E-state index contributed by atoms with van der Waals surface area (Å²) in [5, 5.41) is 2.73. The zero-order valence-electron chi connectivity index (χ0n) is 17.6. The summed E-state index contributed by atoms with van der Waals surface area (Å²) >= 11 is 0. The lowest BCUT2D eigenvalue weighted by atomic mass is 9.98. The van der Waals surface area contributed by atoms with Gasteiger partial charge in [0.05, 0.1) is 12.3 Å². The first kappa shape index (κ1) is 22.0. The molecule has 30 heavy (non-hydrogen) atoms. The van der Waals surface area contributed by atoms with Crippen molar-refractivity contribution < 1.29 is 22.7 Å². The van der Waals surface area contributed by atoms with E-state index in [0.29, 0.717) is 29.7 Å². The maximum Gasteiger partial charge on any atom is 0.222 e. The molecule has 0 radical (unpaired) electrons. The van der Waals surface area contributed by atoms with Gasteiger partial charge in [-0.2, -0.15) is 0 Å². The molecule has 9 heteroatoms. The largest absolute Gasteiger partial charge is 0.492 e. The van der Waals surface area contributed by atoms with Crippen molar-refractivity contribution in [1.29, 1.82) is 0 Å². The molecule has 0 unspecified atom stereocenters. The molecule has 0 aliphatic carbocycles. The molecule has 1 aromatic heterocycles. The molecule has 1 amide bonds. The lowest BCUT2D eigenvalue weighted by molar-refractivity contribution is -0.114. The van der Waals surface area contributed by atoms with Crippen LogP contribution >= 0.6 is 0 Å². The topological polar surface area (TPSA) is 107 Å². The summed E-state index contributed by atoms with van der Waals surface area (Å²) in [5.41, 5.74) is 2.65. The Balaban J connectivity index is 1.78. The highest BCUT2D eigenvalue weighted by Gasteiger charge is 2.22. The van der Waals surface area contributed by atoms with E-state index in [4.69, 9.17) is 9.47 Å². The minimum Gasteiger partial charge on any atom is -0.492 e. The number of carbonyl (C=O) groups excluding carboxylic acids is 1. The molecule has 0 saturated heterocycles. The highest BCUT2D eigenvalue weighted by Crippen LogP contribution is 2.41. The van der Waals surface area contributed by atoms with Gasteiger partial charge in [-0.3, -0.25) is 4.79 Å². The number of hydrogen-bond donors (Lipinski definition) is 2. The summed E-state index contributed by atoms with van der Waals surface area (Å²) in [6.45, 7) is 6.00. The van der Waals surface area contributed by atoms with E-state index in [-0.39, 0.29) is 25.2 Å². The first-order chi connectivity index (χ1) is 14.1. The van der Waals surface area contributed by atoms with Crippen molar-refractivity contribution in [2.75, 3.05) is 18.2 Å². The normalized spacial score (nSPS) is 13.8. The number of aromatic nitrogens is 1. The standard InChI is InChI=1S/C21H27N3O5S/c1-13(2)9-15(24-30(4,26)27)11-28-16-5-6-18-17-7-8-22-21(23-14(3)25)19(17)12-29-20(18)10-16/h5-8,10,13,15,24H,9,11-12H2,1-4H3,(H,22,23,25)/t15-/m0/s1. The average Bonchev–Trinajstić information content (AvgIpc) is 2.64. The SMILES string of the molecule is CC(=O)Nc1nccc2c1COc1cc(OC[C@H](CC(C)C)NS(C)(=O)=O)ccc1-2. The summed E-state index contributed by atoms with van der Waals surface area (Å²) in [4.78, 5) is 15.6. The smallest absolute Gasteiger partial charge is 0.222 e. The van der Waals surface area contributed by atoms with Gasteiger partial charge in [0.1, 0.15) is 30.5 Å². The number of nitrogens with one attached hydrogen (secondary N) is 2. The number of fused-ring (bicyclic) bond motifs is 3.